The van der Waals surface area contributed by atoms with E-state index in [4.69, 9.17) is 4.78 Å². The molecule has 5 rings (SSSR count). The van der Waals surface area contributed by atoms with E-state index < -0.39 is 9.73 Å². The van der Waals surface area contributed by atoms with Crippen LogP contribution in [-0.2, 0) is 20.9 Å². The number of aryl methyl sites for hydroxylation is 2. The first-order chi connectivity index (χ1) is 14.8. The van der Waals surface area contributed by atoms with E-state index in [1.54, 1.807) is 17.5 Å². The Balaban J connectivity index is 1.38. The van der Waals surface area contributed by atoms with Crippen molar-refractivity contribution < 1.29 is 9.00 Å². The Bertz CT molecular complexity index is 1160. The van der Waals surface area contributed by atoms with Crippen LogP contribution < -0.4 is 0 Å². The number of carbonyl (C=O) groups excluding carboxylic acids is 1. The first kappa shape index (κ1) is 20.7. The summed E-state index contributed by atoms with van der Waals surface area (Å²) in [4.78, 5) is 13.1. The summed E-state index contributed by atoms with van der Waals surface area (Å²) in [6.07, 6.45) is 8.03. The Labute approximate surface area is 185 Å². The third kappa shape index (κ3) is 3.49. The summed E-state index contributed by atoms with van der Waals surface area (Å²) in [7, 11) is -2.95. The topological polar surface area (TPSA) is 58.0 Å². The van der Waals surface area contributed by atoms with Gasteiger partial charge in [-0.15, -0.1) is 0 Å². The van der Waals surface area contributed by atoms with Gasteiger partial charge in [-0.2, -0.15) is 0 Å². The molecule has 0 radical (unpaired) electrons. The summed E-state index contributed by atoms with van der Waals surface area (Å²) in [5.41, 5.74) is 4.89. The van der Waals surface area contributed by atoms with E-state index in [0.717, 1.165) is 49.7 Å². The number of carbonyl (C=O) groups is 1. The highest BCUT2D eigenvalue weighted by Gasteiger charge is 2.54. The van der Waals surface area contributed by atoms with Crippen LogP contribution in [0.4, 0.5) is 0 Å². The van der Waals surface area contributed by atoms with Crippen molar-refractivity contribution in [3.05, 3.63) is 70.1 Å². The van der Waals surface area contributed by atoms with Gasteiger partial charge in [-0.25, -0.2) is 8.99 Å². The lowest BCUT2D eigenvalue weighted by atomic mass is 9.55. The van der Waals surface area contributed by atoms with E-state index >= 15 is 0 Å². The van der Waals surface area contributed by atoms with Gasteiger partial charge in [0.1, 0.15) is 5.78 Å². The maximum Gasteiger partial charge on any atom is 0.139 e. The zero-order valence-electron chi connectivity index (χ0n) is 18.4. The zero-order chi connectivity index (χ0) is 21.8. The normalized spacial score (nSPS) is 31.7. The van der Waals surface area contributed by atoms with Crippen LogP contribution in [0.2, 0.25) is 0 Å². The summed E-state index contributed by atoms with van der Waals surface area (Å²) in [5.74, 6) is 2.25. The lowest BCUT2D eigenvalue weighted by molar-refractivity contribution is -0.129. The number of Topliss-reactive ketones (excluding diaryl/α,β-unsaturated/α-hetero) is 1. The van der Waals surface area contributed by atoms with Gasteiger partial charge >= 0.3 is 0 Å². The second-order valence-electron chi connectivity index (χ2n) is 10.0. The fourth-order valence-corrected chi connectivity index (χ4v) is 7.52. The average Bonchev–Trinajstić information content (AvgIpc) is 3.07. The van der Waals surface area contributed by atoms with Gasteiger partial charge in [-0.1, -0.05) is 42.8 Å². The largest absolute Gasteiger partial charge is 0.299 e. The molecule has 2 aromatic carbocycles. The van der Waals surface area contributed by atoms with Gasteiger partial charge in [0.05, 0.1) is 14.6 Å². The molecule has 1 unspecified atom stereocenters. The van der Waals surface area contributed by atoms with Crippen molar-refractivity contribution in [3.63, 3.8) is 0 Å². The zero-order valence-corrected chi connectivity index (χ0v) is 19.2. The maximum absolute atomic E-state index is 12.9. The molecule has 3 aliphatic carbocycles. The molecule has 2 saturated carbocycles. The Morgan fingerprint density at radius 2 is 1.84 bits per heavy atom. The van der Waals surface area contributed by atoms with Gasteiger partial charge in [-0.3, -0.25) is 4.79 Å². The van der Waals surface area contributed by atoms with Crippen molar-refractivity contribution in [2.75, 3.05) is 0 Å². The van der Waals surface area contributed by atoms with Gasteiger partial charge in [0.25, 0.3) is 0 Å². The summed E-state index contributed by atoms with van der Waals surface area (Å²) in [6, 6.07) is 14.0. The number of nitrogens with one attached hydrogen (secondary N) is 1. The Morgan fingerprint density at radius 1 is 1.06 bits per heavy atom. The maximum atomic E-state index is 12.9. The number of hydrogen-bond acceptors (Lipinski definition) is 3. The van der Waals surface area contributed by atoms with Crippen molar-refractivity contribution in [2.24, 2.45) is 17.3 Å². The second kappa shape index (κ2) is 7.44. The van der Waals surface area contributed by atoms with Crippen molar-refractivity contribution >= 4 is 21.6 Å². The van der Waals surface area contributed by atoms with Crippen LogP contribution >= 0.6 is 0 Å². The number of fused-ring (bicyclic) bond motifs is 5. The van der Waals surface area contributed by atoms with Crippen LogP contribution in [0.5, 0.6) is 0 Å². The fraction of sp³-hybridized carbons (Fsp3) is 0.444. The lowest BCUT2D eigenvalue weighted by Gasteiger charge is -2.48. The molecule has 2 aromatic rings. The summed E-state index contributed by atoms with van der Waals surface area (Å²) in [5, 5.41) is 1.54. The monoisotopic (exact) mass is 433 g/mol. The number of rotatable bonds is 3. The van der Waals surface area contributed by atoms with E-state index in [2.05, 4.69) is 25.1 Å². The molecule has 5 atom stereocenters. The van der Waals surface area contributed by atoms with E-state index in [1.807, 2.05) is 25.1 Å². The van der Waals surface area contributed by atoms with Crippen molar-refractivity contribution in [1.82, 2.24) is 0 Å². The summed E-state index contributed by atoms with van der Waals surface area (Å²) in [6.45, 7) is 4.21. The van der Waals surface area contributed by atoms with Crippen molar-refractivity contribution in [2.45, 2.75) is 63.2 Å². The van der Waals surface area contributed by atoms with E-state index in [-0.39, 0.29) is 5.41 Å². The molecule has 0 bridgehead atoms. The van der Waals surface area contributed by atoms with Gasteiger partial charge in [0.2, 0.25) is 0 Å². The average molecular weight is 434 g/mol. The molecule has 1 N–H and O–H groups in total. The van der Waals surface area contributed by atoms with Crippen LogP contribution in [0.25, 0.3) is 6.08 Å². The minimum atomic E-state index is -2.95. The quantitative estimate of drug-likeness (QED) is 0.601. The molecule has 162 valence electrons. The molecular formula is C27H31NO2S. The summed E-state index contributed by atoms with van der Waals surface area (Å²) < 4.78 is 21.2. The smallest absolute Gasteiger partial charge is 0.139 e. The van der Waals surface area contributed by atoms with Crippen LogP contribution in [0.15, 0.2) is 52.8 Å². The molecule has 4 heteroatoms. The molecule has 0 aromatic heterocycles. The Hall–Kier alpha value is -2.20. The second-order valence-corrected chi connectivity index (χ2v) is 12.0. The number of benzene rings is 2. The molecule has 0 spiro atoms. The third-order valence-electron chi connectivity index (χ3n) is 8.28. The highest BCUT2D eigenvalue weighted by Crippen LogP contribution is 2.59. The minimum absolute atomic E-state index is 0.0777. The molecule has 3 nitrogen and oxygen atoms in total. The molecular weight excluding hydrogens is 402 g/mol. The standard InChI is InChI=1S/C27H31NO2S/c1-18-3-7-21(8-4-18)31(28,30)16-14-19-5-9-22-20(17-19)6-10-24-23(22)13-15-27(2)25(24)11-12-26(27)29/h3-5,7-9,14,16-17,23-25,28H,6,10-13,15H2,1-2H3/b16-14+/t23-,24-,25+,27+,31?/m1/s1. The molecule has 2 fully saturated rings. The Morgan fingerprint density at radius 3 is 2.61 bits per heavy atom. The van der Waals surface area contributed by atoms with Crippen LogP contribution in [0.3, 0.4) is 0 Å². The molecule has 0 aliphatic heterocycles. The summed E-state index contributed by atoms with van der Waals surface area (Å²) >= 11 is 0. The predicted molar refractivity (Wildman–Crippen MR) is 125 cm³/mol. The van der Waals surface area contributed by atoms with E-state index in [0.29, 0.717) is 28.4 Å². The number of hydrogen-bond donors (Lipinski definition) is 1. The first-order valence-corrected chi connectivity index (χ1v) is 13.1. The van der Waals surface area contributed by atoms with E-state index in [9.17, 15) is 9.00 Å². The SMILES string of the molecule is Cc1ccc(S(=N)(=O)/C=C/c2ccc3c(c2)CC[C@@H]2[C@@H]3CC[C@]3(C)C(=O)CC[C@@H]23)cc1. The van der Waals surface area contributed by atoms with E-state index in [1.165, 1.54) is 11.1 Å². The van der Waals surface area contributed by atoms with Crippen LogP contribution in [0.1, 0.15) is 67.2 Å². The molecule has 0 saturated heterocycles. The Kier molecular flexibility index (Phi) is 4.97. The molecule has 0 heterocycles. The van der Waals surface area contributed by atoms with Gasteiger partial charge in [-0.05, 0) is 91.7 Å². The minimum Gasteiger partial charge on any atom is -0.299 e. The third-order valence-corrected chi connectivity index (χ3v) is 9.77. The fourth-order valence-electron chi connectivity index (χ4n) is 6.47. The molecule has 3 aliphatic rings. The van der Waals surface area contributed by atoms with Crippen molar-refractivity contribution in [3.8, 4) is 0 Å². The highest BCUT2D eigenvalue weighted by molar-refractivity contribution is 7.95. The number of ketones is 1. The highest BCUT2D eigenvalue weighted by atomic mass is 32.2. The van der Waals surface area contributed by atoms with Crippen molar-refractivity contribution in [1.29, 1.82) is 4.78 Å². The lowest BCUT2D eigenvalue weighted by Crippen LogP contribution is -2.42. The van der Waals surface area contributed by atoms with Gasteiger partial charge in [0.15, 0.2) is 0 Å². The molecule has 31 heavy (non-hydrogen) atoms. The molecule has 0 amide bonds. The van der Waals surface area contributed by atoms with Crippen LogP contribution in [0, 0.1) is 29.0 Å². The predicted octanol–water partition coefficient (Wildman–Crippen LogP) is 6.50. The van der Waals surface area contributed by atoms with Gasteiger partial charge in [0, 0.05) is 17.2 Å². The van der Waals surface area contributed by atoms with Crippen LogP contribution in [-0.4, -0.2) is 9.99 Å². The van der Waals surface area contributed by atoms with Gasteiger partial charge < -0.3 is 0 Å². The first-order valence-electron chi connectivity index (χ1n) is 11.5.